The first-order valence-corrected chi connectivity index (χ1v) is 6.66. The summed E-state index contributed by atoms with van der Waals surface area (Å²) >= 11 is 0. The van der Waals surface area contributed by atoms with Crippen molar-refractivity contribution >= 4 is 0 Å². The Morgan fingerprint density at radius 3 is 3.11 bits per heavy atom. The second-order valence-electron chi connectivity index (χ2n) is 4.93. The van der Waals surface area contributed by atoms with Gasteiger partial charge in [-0.25, -0.2) is 4.68 Å². The Hall–Kier alpha value is -1.88. The van der Waals surface area contributed by atoms with Crippen LogP contribution in [0.25, 0.3) is 0 Å². The predicted molar refractivity (Wildman–Crippen MR) is 71.8 cm³/mol. The maximum absolute atomic E-state index is 5.94. The molecule has 0 saturated heterocycles. The molecule has 0 saturated carbocycles. The van der Waals surface area contributed by atoms with Gasteiger partial charge < -0.3 is 10.5 Å². The van der Waals surface area contributed by atoms with Crippen LogP contribution in [0, 0.1) is 0 Å². The summed E-state index contributed by atoms with van der Waals surface area (Å²) in [6.45, 7) is 2.75. The fourth-order valence-electron chi connectivity index (χ4n) is 2.35. The number of fused-ring (bicyclic) bond motifs is 1. The smallest absolute Gasteiger partial charge is 0.123 e. The lowest BCUT2D eigenvalue weighted by atomic mass is 10.1. The molecular weight excluding hydrogens is 240 g/mol. The van der Waals surface area contributed by atoms with Crippen LogP contribution in [-0.2, 0) is 13.0 Å². The van der Waals surface area contributed by atoms with Crippen LogP contribution in [0.2, 0.25) is 0 Å². The Morgan fingerprint density at radius 1 is 1.47 bits per heavy atom. The van der Waals surface area contributed by atoms with Gasteiger partial charge in [-0.15, -0.1) is 5.10 Å². The number of benzene rings is 1. The maximum Gasteiger partial charge on any atom is 0.123 e. The Labute approximate surface area is 112 Å². The second kappa shape index (κ2) is 5.01. The highest BCUT2D eigenvalue weighted by atomic mass is 16.5. The highest BCUT2D eigenvalue weighted by molar-refractivity contribution is 5.37. The van der Waals surface area contributed by atoms with Crippen LogP contribution in [0.15, 0.2) is 30.5 Å². The van der Waals surface area contributed by atoms with Crippen molar-refractivity contribution in [3.05, 3.63) is 41.7 Å². The summed E-state index contributed by atoms with van der Waals surface area (Å²) in [7, 11) is 0. The quantitative estimate of drug-likeness (QED) is 0.906. The molecule has 3 rings (SSSR count). The first-order chi connectivity index (χ1) is 9.26. The van der Waals surface area contributed by atoms with Crippen LogP contribution >= 0.6 is 0 Å². The summed E-state index contributed by atoms with van der Waals surface area (Å²) in [5, 5.41) is 8.23. The van der Waals surface area contributed by atoms with Gasteiger partial charge in [0, 0.05) is 6.42 Å². The average molecular weight is 258 g/mol. The second-order valence-corrected chi connectivity index (χ2v) is 4.93. The highest BCUT2D eigenvalue weighted by Crippen LogP contribution is 2.28. The van der Waals surface area contributed by atoms with Crippen molar-refractivity contribution in [1.29, 1.82) is 0 Å². The zero-order valence-corrected chi connectivity index (χ0v) is 11.0. The van der Waals surface area contributed by atoms with Crippen molar-refractivity contribution in [3.8, 4) is 5.75 Å². The van der Waals surface area contributed by atoms with Crippen molar-refractivity contribution in [2.24, 2.45) is 5.73 Å². The summed E-state index contributed by atoms with van der Waals surface area (Å²) in [6, 6.07) is 8.12. The van der Waals surface area contributed by atoms with Gasteiger partial charge in [0.2, 0.25) is 0 Å². The number of nitrogens with zero attached hydrogens (tertiary/aromatic N) is 3. The third-order valence-corrected chi connectivity index (χ3v) is 3.48. The van der Waals surface area contributed by atoms with Crippen LogP contribution in [-0.4, -0.2) is 21.1 Å². The van der Waals surface area contributed by atoms with Crippen LogP contribution in [0.3, 0.4) is 0 Å². The molecule has 2 N–H and O–H groups in total. The number of aromatic nitrogens is 3. The van der Waals surface area contributed by atoms with E-state index in [2.05, 4.69) is 16.4 Å². The molecule has 2 heterocycles. The number of ether oxygens (including phenoxy) is 1. The molecule has 2 aromatic rings. The molecule has 1 aliphatic heterocycles. The van der Waals surface area contributed by atoms with E-state index < -0.39 is 0 Å². The summed E-state index contributed by atoms with van der Waals surface area (Å²) < 4.78 is 7.71. The SMILES string of the molecule is CCC(N)c1cn(CC2Cc3ccccc3O2)nn1. The zero-order valence-electron chi connectivity index (χ0n) is 11.0. The van der Waals surface area contributed by atoms with Gasteiger partial charge in [0.1, 0.15) is 11.9 Å². The zero-order chi connectivity index (χ0) is 13.2. The topological polar surface area (TPSA) is 66.0 Å². The minimum atomic E-state index is -0.0320. The van der Waals surface area contributed by atoms with Crippen molar-refractivity contribution in [3.63, 3.8) is 0 Å². The molecule has 2 atom stereocenters. The molecule has 5 nitrogen and oxygen atoms in total. The van der Waals surface area contributed by atoms with Crippen molar-refractivity contribution in [2.45, 2.75) is 38.5 Å². The molecule has 2 unspecified atom stereocenters. The van der Waals surface area contributed by atoms with Crippen molar-refractivity contribution < 1.29 is 4.74 Å². The van der Waals surface area contributed by atoms with E-state index >= 15 is 0 Å². The van der Waals surface area contributed by atoms with Crippen LogP contribution in [0.1, 0.15) is 30.6 Å². The van der Waals surface area contributed by atoms with E-state index in [1.54, 1.807) is 0 Å². The van der Waals surface area contributed by atoms with E-state index in [9.17, 15) is 0 Å². The largest absolute Gasteiger partial charge is 0.488 e. The molecule has 1 aromatic carbocycles. The summed E-state index contributed by atoms with van der Waals surface area (Å²) in [6.07, 6.45) is 3.83. The Balaban J connectivity index is 1.66. The molecule has 1 aromatic heterocycles. The third kappa shape index (κ3) is 2.46. The van der Waals surface area contributed by atoms with E-state index in [1.165, 1.54) is 5.56 Å². The van der Waals surface area contributed by atoms with Gasteiger partial charge in [-0.1, -0.05) is 30.3 Å². The monoisotopic (exact) mass is 258 g/mol. The molecule has 0 radical (unpaired) electrons. The van der Waals surface area contributed by atoms with E-state index in [-0.39, 0.29) is 12.1 Å². The fourth-order valence-corrected chi connectivity index (χ4v) is 2.35. The van der Waals surface area contributed by atoms with Crippen LogP contribution in [0.5, 0.6) is 5.75 Å². The van der Waals surface area contributed by atoms with E-state index in [0.717, 1.165) is 24.3 Å². The van der Waals surface area contributed by atoms with Gasteiger partial charge in [-0.05, 0) is 18.1 Å². The molecule has 100 valence electrons. The Kier molecular flexibility index (Phi) is 3.21. The van der Waals surface area contributed by atoms with Crippen LogP contribution in [0.4, 0.5) is 0 Å². The van der Waals surface area contributed by atoms with E-state index in [1.807, 2.05) is 36.0 Å². The molecule has 0 amide bonds. The van der Waals surface area contributed by atoms with Gasteiger partial charge in [0.15, 0.2) is 0 Å². The fraction of sp³-hybridized carbons (Fsp3) is 0.429. The number of rotatable bonds is 4. The van der Waals surface area contributed by atoms with Crippen LogP contribution < -0.4 is 10.5 Å². The summed E-state index contributed by atoms with van der Waals surface area (Å²) in [5.41, 5.74) is 8.05. The third-order valence-electron chi connectivity index (χ3n) is 3.48. The molecule has 0 fully saturated rings. The van der Waals surface area contributed by atoms with E-state index in [4.69, 9.17) is 10.5 Å². The molecule has 0 bridgehead atoms. The lowest BCUT2D eigenvalue weighted by molar-refractivity contribution is 0.202. The predicted octanol–water partition coefficient (Wildman–Crippen LogP) is 1.69. The number of nitrogens with two attached hydrogens (primary N) is 1. The van der Waals surface area contributed by atoms with Gasteiger partial charge in [-0.3, -0.25) is 0 Å². The maximum atomic E-state index is 5.94. The minimum Gasteiger partial charge on any atom is -0.488 e. The number of hydrogen-bond acceptors (Lipinski definition) is 4. The standard InChI is InChI=1S/C14H18N4O/c1-2-12(15)13-9-18(17-16-13)8-11-7-10-5-3-4-6-14(10)19-11/h3-6,9,11-12H,2,7-8,15H2,1H3. The Morgan fingerprint density at radius 2 is 2.32 bits per heavy atom. The van der Waals surface area contributed by atoms with Crippen molar-refractivity contribution in [1.82, 2.24) is 15.0 Å². The lowest BCUT2D eigenvalue weighted by Crippen LogP contribution is -2.21. The lowest BCUT2D eigenvalue weighted by Gasteiger charge is -2.09. The summed E-state index contributed by atoms with van der Waals surface area (Å²) in [5.74, 6) is 0.984. The Bertz CT molecular complexity index is 541. The van der Waals surface area contributed by atoms with Gasteiger partial charge in [0.05, 0.1) is 24.5 Å². The first kappa shape index (κ1) is 12.2. The molecule has 19 heavy (non-hydrogen) atoms. The summed E-state index contributed by atoms with van der Waals surface area (Å²) in [4.78, 5) is 0. The van der Waals surface area contributed by atoms with Gasteiger partial charge >= 0.3 is 0 Å². The number of para-hydroxylation sites is 1. The van der Waals surface area contributed by atoms with E-state index in [0.29, 0.717) is 6.54 Å². The minimum absolute atomic E-state index is 0.0320. The highest BCUT2D eigenvalue weighted by Gasteiger charge is 2.23. The molecule has 0 aliphatic carbocycles. The molecule has 0 spiro atoms. The first-order valence-electron chi connectivity index (χ1n) is 6.66. The van der Waals surface area contributed by atoms with Gasteiger partial charge in [-0.2, -0.15) is 0 Å². The normalized spacial score (nSPS) is 18.9. The average Bonchev–Trinajstić information content (AvgIpc) is 3.04. The van der Waals surface area contributed by atoms with Gasteiger partial charge in [0.25, 0.3) is 0 Å². The van der Waals surface area contributed by atoms with Crippen molar-refractivity contribution in [2.75, 3.05) is 0 Å². The molecular formula is C14H18N4O. The molecule has 1 aliphatic rings. The number of hydrogen-bond donors (Lipinski definition) is 1. The molecule has 5 heteroatoms.